The number of benzene rings is 3. The van der Waals surface area contributed by atoms with Gasteiger partial charge in [-0.25, -0.2) is 23.5 Å². The number of aromatic nitrogens is 2. The first-order chi connectivity index (χ1) is 17.1. The van der Waals surface area contributed by atoms with Crippen LogP contribution in [0.2, 0.25) is 0 Å². The number of ketones is 1. The average molecular weight is 511 g/mol. The third-order valence-corrected chi connectivity index (χ3v) is 6.67. The van der Waals surface area contributed by atoms with Gasteiger partial charge in [0.1, 0.15) is 11.5 Å². The molecule has 1 aliphatic heterocycles. The number of rotatable bonds is 6. The van der Waals surface area contributed by atoms with E-state index in [0.717, 1.165) is 11.0 Å². The smallest absolute Gasteiger partial charge is 0.387 e. The largest absolute Gasteiger partial charge is 0.435 e. The van der Waals surface area contributed by atoms with Crippen molar-refractivity contribution >= 4 is 38.2 Å². The maximum Gasteiger partial charge on any atom is 0.387 e. The first-order valence-corrected chi connectivity index (χ1v) is 12.5. The monoisotopic (exact) mass is 510 g/mol. The molecule has 36 heavy (non-hydrogen) atoms. The van der Waals surface area contributed by atoms with Gasteiger partial charge in [-0.1, -0.05) is 30.3 Å². The molecule has 4 aromatic rings. The minimum Gasteiger partial charge on any atom is -0.435 e. The van der Waals surface area contributed by atoms with Crippen molar-refractivity contribution in [1.82, 2.24) is 9.55 Å². The van der Waals surface area contributed by atoms with Gasteiger partial charge in [-0.15, -0.1) is 0 Å². The number of aliphatic imine (C=N–C) groups is 1. The lowest BCUT2D eigenvalue weighted by Gasteiger charge is -2.25. The number of imidazole rings is 1. The number of ether oxygens (including phenoxy) is 1. The van der Waals surface area contributed by atoms with Crippen molar-refractivity contribution in [3.8, 4) is 5.75 Å². The van der Waals surface area contributed by atoms with E-state index in [1.165, 1.54) is 24.3 Å². The summed E-state index contributed by atoms with van der Waals surface area (Å²) in [5, 5.41) is 5.22. The lowest BCUT2D eigenvalue weighted by Crippen LogP contribution is -2.27. The Hall–Kier alpha value is -3.96. The molecule has 0 amide bonds. The van der Waals surface area contributed by atoms with Crippen LogP contribution in [-0.2, 0) is 27.6 Å². The Balaban J connectivity index is 1.65. The van der Waals surface area contributed by atoms with E-state index in [1.807, 2.05) is 17.7 Å². The predicted molar refractivity (Wildman–Crippen MR) is 130 cm³/mol. The minimum absolute atomic E-state index is 0.0456. The number of hydrogen-bond acceptors (Lipinski definition) is 6. The number of alkyl halides is 2. The molecule has 8 nitrogen and oxygen atoms in total. The summed E-state index contributed by atoms with van der Waals surface area (Å²) in [4.78, 5) is 22.8. The quantitative estimate of drug-likeness (QED) is 0.424. The zero-order chi connectivity index (χ0) is 25.6. The lowest BCUT2D eigenvalue weighted by molar-refractivity contribution is -0.113. The van der Waals surface area contributed by atoms with Crippen LogP contribution in [0.5, 0.6) is 5.75 Å². The van der Waals surface area contributed by atoms with Crippen molar-refractivity contribution < 1.29 is 26.7 Å². The van der Waals surface area contributed by atoms with E-state index in [1.54, 1.807) is 36.7 Å². The molecule has 1 aromatic heterocycles. The molecule has 2 N–H and O–H groups in total. The number of nitrogens with zero attached hydrogens (tertiary/aromatic N) is 3. The maximum atomic E-state index is 13.9. The molecule has 184 valence electrons. The second-order valence-corrected chi connectivity index (χ2v) is 10.1. The Morgan fingerprint density at radius 2 is 1.83 bits per heavy atom. The summed E-state index contributed by atoms with van der Waals surface area (Å²) in [5.74, 6) is -1.62. The summed E-state index contributed by atoms with van der Waals surface area (Å²) in [6.45, 7) is -2.98. The standard InChI is InChI=1S/C25H20F2N4O4S/c1-31-13-29-20-9-5-16(11-21(20)31)23-24(32)22(15-3-6-17(7-4-15)35-25(26)27)18-10-14(12-36(28,33)34)2-8-19(18)30-23/h2-11,13,22,25H,12H2,1H3,(H2,28,33,34). The molecule has 2 heterocycles. The SMILES string of the molecule is Cn1cnc2ccc(C3=Nc4ccc(CS(N)(=O)=O)cc4C(c4ccc(OC(F)F)cc4)C3=O)cc21. The number of nitrogens with two attached hydrogens (primary N) is 1. The number of hydrogen-bond donors (Lipinski definition) is 1. The van der Waals surface area contributed by atoms with Crippen LogP contribution < -0.4 is 9.88 Å². The molecule has 0 fully saturated rings. The number of carbonyl (C=O) groups is 1. The Bertz CT molecular complexity index is 1630. The van der Waals surface area contributed by atoms with E-state index in [2.05, 4.69) is 14.7 Å². The van der Waals surface area contributed by atoms with Gasteiger partial charge >= 0.3 is 6.61 Å². The van der Waals surface area contributed by atoms with Crippen LogP contribution in [0.4, 0.5) is 14.5 Å². The van der Waals surface area contributed by atoms with Gasteiger partial charge in [-0.3, -0.25) is 4.79 Å². The molecule has 0 bridgehead atoms. The highest BCUT2D eigenvalue weighted by Crippen LogP contribution is 2.39. The maximum absolute atomic E-state index is 13.9. The Labute approximate surface area is 205 Å². The van der Waals surface area contributed by atoms with Gasteiger partial charge in [-0.2, -0.15) is 8.78 Å². The number of sulfonamides is 1. The lowest BCUT2D eigenvalue weighted by atomic mass is 9.81. The summed E-state index contributed by atoms with van der Waals surface area (Å²) in [6, 6.07) is 16.0. The summed E-state index contributed by atoms with van der Waals surface area (Å²) < 4.78 is 54.8. The molecule has 1 atom stereocenters. The Morgan fingerprint density at radius 3 is 2.53 bits per heavy atom. The van der Waals surface area contributed by atoms with E-state index in [0.29, 0.717) is 27.9 Å². The molecular formula is C25H20F2N4O4S. The first-order valence-electron chi connectivity index (χ1n) is 10.8. The third kappa shape index (κ3) is 4.62. The van der Waals surface area contributed by atoms with E-state index in [9.17, 15) is 22.0 Å². The molecule has 3 aromatic carbocycles. The minimum atomic E-state index is -3.81. The average Bonchev–Trinajstić information content (AvgIpc) is 3.18. The van der Waals surface area contributed by atoms with Crippen molar-refractivity contribution in [2.75, 3.05) is 0 Å². The molecule has 0 radical (unpaired) electrons. The van der Waals surface area contributed by atoms with Crippen LogP contribution >= 0.6 is 0 Å². The number of halogens is 2. The van der Waals surface area contributed by atoms with E-state index in [4.69, 9.17) is 5.14 Å². The molecule has 11 heteroatoms. The van der Waals surface area contributed by atoms with Gasteiger partial charge in [0.25, 0.3) is 0 Å². The van der Waals surface area contributed by atoms with Gasteiger partial charge in [0.15, 0.2) is 5.78 Å². The van der Waals surface area contributed by atoms with Gasteiger partial charge in [0.2, 0.25) is 10.0 Å². The molecular weight excluding hydrogens is 490 g/mol. The van der Waals surface area contributed by atoms with Gasteiger partial charge in [0.05, 0.1) is 34.7 Å². The zero-order valence-electron chi connectivity index (χ0n) is 18.9. The number of primary sulfonamides is 1. The molecule has 0 aliphatic carbocycles. The van der Waals surface area contributed by atoms with Crippen LogP contribution in [0.15, 0.2) is 72.0 Å². The number of carbonyl (C=O) groups excluding carboxylic acids is 1. The molecule has 0 saturated carbocycles. The zero-order valence-corrected chi connectivity index (χ0v) is 19.7. The molecule has 0 saturated heterocycles. The van der Waals surface area contributed by atoms with Crippen LogP contribution in [0.25, 0.3) is 11.0 Å². The summed E-state index contributed by atoms with van der Waals surface area (Å²) >= 11 is 0. The second kappa shape index (κ2) is 8.92. The topological polar surface area (TPSA) is 117 Å². The highest BCUT2D eigenvalue weighted by molar-refractivity contribution is 7.88. The van der Waals surface area contributed by atoms with E-state index >= 15 is 0 Å². The second-order valence-electron chi connectivity index (χ2n) is 8.46. The number of aryl methyl sites for hydroxylation is 1. The van der Waals surface area contributed by atoms with E-state index < -0.39 is 28.3 Å². The summed E-state index contributed by atoms with van der Waals surface area (Å²) in [6.07, 6.45) is 1.67. The van der Waals surface area contributed by atoms with Crippen molar-refractivity contribution in [3.63, 3.8) is 0 Å². The fourth-order valence-electron chi connectivity index (χ4n) is 4.37. The van der Waals surface area contributed by atoms with Crippen molar-refractivity contribution in [1.29, 1.82) is 0 Å². The van der Waals surface area contributed by atoms with Crippen LogP contribution in [0.3, 0.4) is 0 Å². The normalized spacial score (nSPS) is 15.8. The van der Waals surface area contributed by atoms with E-state index in [-0.39, 0.29) is 17.2 Å². The summed E-state index contributed by atoms with van der Waals surface area (Å²) in [7, 11) is -1.96. The van der Waals surface area contributed by atoms with Crippen molar-refractivity contribution in [3.05, 3.63) is 89.2 Å². The highest BCUT2D eigenvalue weighted by Gasteiger charge is 2.34. The number of Topliss-reactive ketones (excluding diaryl/α,β-unsaturated/α-hetero) is 1. The predicted octanol–water partition coefficient (Wildman–Crippen LogP) is 3.80. The highest BCUT2D eigenvalue weighted by atomic mass is 32.2. The van der Waals surface area contributed by atoms with Gasteiger partial charge in [0, 0.05) is 12.6 Å². The Kier molecular flexibility index (Phi) is 5.89. The number of fused-ring (bicyclic) bond motifs is 2. The van der Waals surface area contributed by atoms with Crippen LogP contribution in [0, 0.1) is 0 Å². The van der Waals surface area contributed by atoms with Crippen molar-refractivity contribution in [2.24, 2.45) is 17.2 Å². The molecule has 0 spiro atoms. The van der Waals surface area contributed by atoms with Crippen molar-refractivity contribution in [2.45, 2.75) is 18.3 Å². The van der Waals surface area contributed by atoms with Crippen LogP contribution in [0.1, 0.15) is 28.2 Å². The van der Waals surface area contributed by atoms with Crippen LogP contribution in [-0.4, -0.2) is 36.1 Å². The third-order valence-electron chi connectivity index (χ3n) is 5.94. The fraction of sp³-hybridized carbons (Fsp3) is 0.160. The summed E-state index contributed by atoms with van der Waals surface area (Å²) in [5.41, 5.74) is 4.32. The molecule has 1 unspecified atom stereocenters. The van der Waals surface area contributed by atoms with Gasteiger partial charge < -0.3 is 9.30 Å². The Morgan fingerprint density at radius 1 is 1.08 bits per heavy atom. The van der Waals surface area contributed by atoms with Gasteiger partial charge in [-0.05, 0) is 47.0 Å². The molecule has 1 aliphatic rings. The fourth-order valence-corrected chi connectivity index (χ4v) is 5.01. The molecule has 5 rings (SSSR count). The first kappa shape index (κ1) is 23.8.